The number of nitrogens with one attached hydrogen (secondary N) is 1. The number of hydrogen-bond acceptors (Lipinski definition) is 4. The molecule has 0 atom stereocenters. The third-order valence-corrected chi connectivity index (χ3v) is 2.55. The van der Waals surface area contributed by atoms with Crippen LogP contribution in [0.15, 0.2) is 24.3 Å². The van der Waals surface area contributed by atoms with E-state index in [4.69, 9.17) is 15.6 Å². The van der Waals surface area contributed by atoms with Crippen LogP contribution < -0.4 is 10.5 Å². The van der Waals surface area contributed by atoms with Gasteiger partial charge in [-0.15, -0.1) is 0 Å². The monoisotopic (exact) mass is 247 g/mol. The lowest BCUT2D eigenvalue weighted by Crippen LogP contribution is -2.06. The summed E-state index contributed by atoms with van der Waals surface area (Å²) in [5.41, 5.74) is 6.62. The van der Waals surface area contributed by atoms with Gasteiger partial charge in [0.05, 0.1) is 12.8 Å². The molecule has 0 radical (unpaired) electrons. The minimum absolute atomic E-state index is 0.0386. The smallest absolute Gasteiger partial charge is 0.356 e. The summed E-state index contributed by atoms with van der Waals surface area (Å²) in [6, 6.07) is 7.15. The van der Waals surface area contributed by atoms with Gasteiger partial charge in [-0.05, 0) is 24.3 Å². The van der Waals surface area contributed by atoms with Crippen LogP contribution >= 0.6 is 0 Å². The van der Waals surface area contributed by atoms with Gasteiger partial charge in [0.15, 0.2) is 5.69 Å². The van der Waals surface area contributed by atoms with Crippen LogP contribution in [0.4, 0.5) is 0 Å². The number of benzene rings is 1. The lowest BCUT2D eigenvalue weighted by atomic mass is 10.2. The number of ether oxygens (including phenoxy) is 1. The minimum Gasteiger partial charge on any atom is -0.497 e. The Morgan fingerprint density at radius 3 is 2.56 bits per heavy atom. The van der Waals surface area contributed by atoms with Gasteiger partial charge in [-0.1, -0.05) is 0 Å². The summed E-state index contributed by atoms with van der Waals surface area (Å²) >= 11 is 0. The van der Waals surface area contributed by atoms with E-state index in [1.165, 1.54) is 0 Å². The standard InChI is InChI=1S/C12H13N3O3/c1-18-8-4-2-7(3-5-8)11-14-9(6-13)10(15-11)12(16)17/h2-5H,6,13H2,1H3,(H,14,15)(H,16,17). The van der Waals surface area contributed by atoms with Gasteiger partial charge < -0.3 is 20.6 Å². The first-order valence-corrected chi connectivity index (χ1v) is 5.32. The molecule has 1 heterocycles. The number of carbonyl (C=O) groups is 1. The molecule has 4 N–H and O–H groups in total. The summed E-state index contributed by atoms with van der Waals surface area (Å²) in [4.78, 5) is 17.9. The Hall–Kier alpha value is -2.34. The highest BCUT2D eigenvalue weighted by molar-refractivity contribution is 5.87. The molecular weight excluding hydrogens is 234 g/mol. The molecule has 1 aromatic heterocycles. The van der Waals surface area contributed by atoms with Gasteiger partial charge in [-0.25, -0.2) is 9.78 Å². The van der Waals surface area contributed by atoms with Crippen LogP contribution in [-0.2, 0) is 6.54 Å². The molecule has 18 heavy (non-hydrogen) atoms. The molecule has 0 spiro atoms. The first kappa shape index (κ1) is 12.1. The summed E-state index contributed by atoms with van der Waals surface area (Å²) in [7, 11) is 1.58. The largest absolute Gasteiger partial charge is 0.497 e. The van der Waals surface area contributed by atoms with E-state index < -0.39 is 5.97 Å². The first-order valence-electron chi connectivity index (χ1n) is 5.32. The number of methoxy groups -OCH3 is 1. The van der Waals surface area contributed by atoms with Crippen molar-refractivity contribution in [1.29, 1.82) is 0 Å². The molecule has 0 unspecified atom stereocenters. The number of nitrogens with two attached hydrogens (primary N) is 1. The Kier molecular flexibility index (Phi) is 3.29. The van der Waals surface area contributed by atoms with E-state index in [-0.39, 0.29) is 12.2 Å². The number of hydrogen-bond donors (Lipinski definition) is 3. The van der Waals surface area contributed by atoms with E-state index in [0.29, 0.717) is 11.5 Å². The fourth-order valence-corrected chi connectivity index (χ4v) is 1.62. The molecule has 0 fully saturated rings. The van der Waals surface area contributed by atoms with Crippen molar-refractivity contribution in [3.63, 3.8) is 0 Å². The molecule has 6 nitrogen and oxygen atoms in total. The Bertz CT molecular complexity index is 560. The molecule has 0 saturated heterocycles. The molecule has 0 bridgehead atoms. The molecule has 0 aliphatic carbocycles. The zero-order chi connectivity index (χ0) is 13.1. The van der Waals surface area contributed by atoms with E-state index in [2.05, 4.69) is 9.97 Å². The lowest BCUT2D eigenvalue weighted by Gasteiger charge is -2.00. The Morgan fingerprint density at radius 2 is 2.11 bits per heavy atom. The SMILES string of the molecule is COc1ccc(-c2nc(C(=O)O)c(CN)[nH]2)cc1. The maximum absolute atomic E-state index is 11.0. The van der Waals surface area contributed by atoms with E-state index in [1.54, 1.807) is 31.4 Å². The maximum atomic E-state index is 11.0. The average Bonchev–Trinajstić information content (AvgIpc) is 2.83. The first-order chi connectivity index (χ1) is 8.65. The summed E-state index contributed by atoms with van der Waals surface area (Å²) in [5.74, 6) is 0.116. The summed E-state index contributed by atoms with van der Waals surface area (Å²) in [5, 5.41) is 8.98. The molecule has 2 aromatic rings. The van der Waals surface area contributed by atoms with Crippen LogP contribution in [0.2, 0.25) is 0 Å². The Morgan fingerprint density at radius 1 is 1.44 bits per heavy atom. The van der Waals surface area contributed by atoms with E-state index in [0.717, 1.165) is 11.3 Å². The van der Waals surface area contributed by atoms with Crippen molar-refractivity contribution in [2.24, 2.45) is 5.73 Å². The molecular formula is C12H13N3O3. The highest BCUT2D eigenvalue weighted by atomic mass is 16.5. The van der Waals surface area contributed by atoms with Crippen molar-refractivity contribution >= 4 is 5.97 Å². The van der Waals surface area contributed by atoms with Crippen molar-refractivity contribution in [2.45, 2.75) is 6.54 Å². The van der Waals surface area contributed by atoms with Crippen LogP contribution in [0, 0.1) is 0 Å². The van der Waals surface area contributed by atoms with Crippen molar-refractivity contribution in [3.05, 3.63) is 35.7 Å². The van der Waals surface area contributed by atoms with Gasteiger partial charge in [0.25, 0.3) is 0 Å². The molecule has 0 aliphatic heterocycles. The van der Waals surface area contributed by atoms with E-state index >= 15 is 0 Å². The number of H-pyrrole nitrogens is 1. The lowest BCUT2D eigenvalue weighted by molar-refractivity contribution is 0.0690. The highest BCUT2D eigenvalue weighted by Gasteiger charge is 2.16. The Labute approximate surface area is 103 Å². The number of carboxylic acids is 1. The predicted octanol–water partition coefficient (Wildman–Crippen LogP) is 1.24. The normalized spacial score (nSPS) is 10.3. The fourth-order valence-electron chi connectivity index (χ4n) is 1.62. The average molecular weight is 247 g/mol. The predicted molar refractivity (Wildman–Crippen MR) is 65.4 cm³/mol. The van der Waals surface area contributed by atoms with Crippen molar-refractivity contribution in [2.75, 3.05) is 7.11 Å². The second-order valence-corrected chi connectivity index (χ2v) is 3.65. The van der Waals surface area contributed by atoms with Crippen LogP contribution in [-0.4, -0.2) is 28.2 Å². The van der Waals surface area contributed by atoms with E-state index in [9.17, 15) is 4.79 Å². The molecule has 6 heteroatoms. The van der Waals surface area contributed by atoms with Gasteiger partial charge in [0, 0.05) is 12.1 Å². The molecule has 0 amide bonds. The summed E-state index contributed by atoms with van der Waals surface area (Å²) in [6.07, 6.45) is 0. The molecule has 1 aromatic carbocycles. The topological polar surface area (TPSA) is 101 Å². The number of aromatic carboxylic acids is 1. The number of rotatable bonds is 4. The number of aromatic amines is 1. The van der Waals surface area contributed by atoms with Gasteiger partial charge in [-0.2, -0.15) is 0 Å². The van der Waals surface area contributed by atoms with Gasteiger partial charge >= 0.3 is 5.97 Å². The number of aromatic nitrogens is 2. The van der Waals surface area contributed by atoms with Gasteiger partial charge in [0.2, 0.25) is 0 Å². The van der Waals surface area contributed by atoms with Crippen molar-refractivity contribution in [1.82, 2.24) is 9.97 Å². The second-order valence-electron chi connectivity index (χ2n) is 3.65. The van der Waals surface area contributed by atoms with Gasteiger partial charge in [0.1, 0.15) is 11.6 Å². The van der Waals surface area contributed by atoms with E-state index in [1.807, 2.05) is 0 Å². The van der Waals surface area contributed by atoms with Crippen LogP contribution in [0.25, 0.3) is 11.4 Å². The summed E-state index contributed by atoms with van der Waals surface area (Å²) in [6.45, 7) is 0.102. The third-order valence-electron chi connectivity index (χ3n) is 2.55. The quantitative estimate of drug-likeness (QED) is 0.754. The second kappa shape index (κ2) is 4.89. The zero-order valence-electron chi connectivity index (χ0n) is 9.80. The van der Waals surface area contributed by atoms with Gasteiger partial charge in [-0.3, -0.25) is 0 Å². The molecule has 0 saturated carbocycles. The van der Waals surface area contributed by atoms with Crippen molar-refractivity contribution in [3.8, 4) is 17.1 Å². The maximum Gasteiger partial charge on any atom is 0.356 e. The fraction of sp³-hybridized carbons (Fsp3) is 0.167. The zero-order valence-corrected chi connectivity index (χ0v) is 9.80. The molecule has 2 rings (SSSR count). The Balaban J connectivity index is 2.40. The van der Waals surface area contributed by atoms with Crippen LogP contribution in [0.3, 0.4) is 0 Å². The highest BCUT2D eigenvalue weighted by Crippen LogP contribution is 2.21. The minimum atomic E-state index is -1.09. The molecule has 94 valence electrons. The third kappa shape index (κ3) is 2.18. The summed E-state index contributed by atoms with van der Waals surface area (Å²) < 4.78 is 5.05. The molecule has 0 aliphatic rings. The van der Waals surface area contributed by atoms with Crippen molar-refractivity contribution < 1.29 is 14.6 Å². The van der Waals surface area contributed by atoms with Crippen LogP contribution in [0.5, 0.6) is 5.75 Å². The number of carboxylic acid groups (broad SMARTS) is 1. The number of nitrogens with zero attached hydrogens (tertiary/aromatic N) is 1. The number of imidazole rings is 1. The van der Waals surface area contributed by atoms with Crippen LogP contribution in [0.1, 0.15) is 16.2 Å².